The predicted molar refractivity (Wildman–Crippen MR) is 65.4 cm³/mol. The zero-order chi connectivity index (χ0) is 12.8. The van der Waals surface area contributed by atoms with Crippen LogP contribution in [0.3, 0.4) is 0 Å². The summed E-state index contributed by atoms with van der Waals surface area (Å²) in [6.07, 6.45) is 1.60. The highest BCUT2D eigenvalue weighted by molar-refractivity contribution is 9.10. The number of methoxy groups -OCH3 is 1. The highest BCUT2D eigenvalue weighted by Crippen LogP contribution is 2.25. The van der Waals surface area contributed by atoms with Gasteiger partial charge in [0.15, 0.2) is 0 Å². The Hall–Kier alpha value is -1.36. The Morgan fingerprint density at radius 3 is 2.82 bits per heavy atom. The molecule has 0 heterocycles. The number of carbonyl (C=O) groups excluding carboxylic acids is 1. The topological polar surface area (TPSA) is 35.5 Å². The second kappa shape index (κ2) is 6.39. The van der Waals surface area contributed by atoms with E-state index in [1.807, 2.05) is 0 Å². The van der Waals surface area contributed by atoms with E-state index in [9.17, 15) is 9.18 Å². The van der Waals surface area contributed by atoms with Crippen LogP contribution in [0.25, 0.3) is 0 Å². The average Bonchev–Trinajstić information content (AvgIpc) is 2.30. The van der Waals surface area contributed by atoms with E-state index in [1.165, 1.54) is 25.3 Å². The van der Waals surface area contributed by atoms with Gasteiger partial charge in [-0.15, -0.1) is 0 Å². The second-order valence-electron chi connectivity index (χ2n) is 3.26. The van der Waals surface area contributed by atoms with Crippen LogP contribution in [0.5, 0.6) is 5.75 Å². The second-order valence-corrected chi connectivity index (χ2v) is 4.12. The van der Waals surface area contributed by atoms with Gasteiger partial charge in [0, 0.05) is 5.57 Å². The summed E-state index contributed by atoms with van der Waals surface area (Å²) in [5.74, 6) is -0.224. The van der Waals surface area contributed by atoms with Crippen molar-refractivity contribution in [1.82, 2.24) is 0 Å². The molecule has 0 radical (unpaired) electrons. The zero-order valence-electron chi connectivity index (χ0n) is 9.50. The van der Waals surface area contributed by atoms with Gasteiger partial charge in [-0.1, -0.05) is 0 Å². The summed E-state index contributed by atoms with van der Waals surface area (Å²) < 4.78 is 23.2. The van der Waals surface area contributed by atoms with Crippen LogP contribution in [0.2, 0.25) is 0 Å². The molecule has 0 atom stereocenters. The molecule has 1 aromatic carbocycles. The zero-order valence-corrected chi connectivity index (χ0v) is 11.1. The molecule has 0 spiro atoms. The third-order valence-corrected chi connectivity index (χ3v) is 2.65. The van der Waals surface area contributed by atoms with Gasteiger partial charge in [-0.05, 0) is 47.1 Å². The summed E-state index contributed by atoms with van der Waals surface area (Å²) in [6.45, 7) is 1.85. The minimum Gasteiger partial charge on any atom is -0.488 e. The molecular formula is C12H12BrFO3. The predicted octanol–water partition coefficient (Wildman–Crippen LogP) is 3.09. The molecule has 0 aliphatic rings. The number of esters is 1. The van der Waals surface area contributed by atoms with Crippen LogP contribution in [0.15, 0.2) is 34.3 Å². The van der Waals surface area contributed by atoms with Crippen LogP contribution in [-0.4, -0.2) is 19.7 Å². The van der Waals surface area contributed by atoms with E-state index in [2.05, 4.69) is 20.7 Å². The molecule has 0 unspecified atom stereocenters. The molecule has 3 nitrogen and oxygen atoms in total. The molecular weight excluding hydrogens is 291 g/mol. The first-order valence-electron chi connectivity index (χ1n) is 4.87. The van der Waals surface area contributed by atoms with Gasteiger partial charge in [0.25, 0.3) is 0 Å². The third kappa shape index (κ3) is 4.19. The summed E-state index contributed by atoms with van der Waals surface area (Å²) in [4.78, 5) is 11.1. The van der Waals surface area contributed by atoms with Crippen molar-refractivity contribution in [2.45, 2.75) is 6.92 Å². The lowest BCUT2D eigenvalue weighted by molar-refractivity contribution is -0.136. The standard InChI is InChI=1S/C12H12BrFO3/c1-8(12(15)16-2)5-6-17-11-4-3-9(14)7-10(11)13/h3-5,7H,6H2,1-2H3. The van der Waals surface area contributed by atoms with Crippen LogP contribution < -0.4 is 4.74 Å². The van der Waals surface area contributed by atoms with Crippen LogP contribution in [-0.2, 0) is 9.53 Å². The van der Waals surface area contributed by atoms with Crippen molar-refractivity contribution in [2.75, 3.05) is 13.7 Å². The monoisotopic (exact) mass is 302 g/mol. The van der Waals surface area contributed by atoms with Gasteiger partial charge in [-0.25, -0.2) is 9.18 Å². The molecule has 5 heteroatoms. The number of hydrogen-bond donors (Lipinski definition) is 0. The fraction of sp³-hybridized carbons (Fsp3) is 0.250. The number of rotatable bonds is 4. The lowest BCUT2D eigenvalue weighted by Crippen LogP contribution is -2.04. The third-order valence-electron chi connectivity index (χ3n) is 2.03. The first kappa shape index (κ1) is 13.7. The fourth-order valence-electron chi connectivity index (χ4n) is 1.09. The first-order valence-corrected chi connectivity index (χ1v) is 5.67. The number of carbonyl (C=O) groups is 1. The fourth-order valence-corrected chi connectivity index (χ4v) is 1.56. The van der Waals surface area contributed by atoms with E-state index in [-0.39, 0.29) is 12.4 Å². The van der Waals surface area contributed by atoms with E-state index < -0.39 is 5.97 Å². The van der Waals surface area contributed by atoms with Gasteiger partial charge >= 0.3 is 5.97 Å². The van der Waals surface area contributed by atoms with E-state index in [1.54, 1.807) is 13.0 Å². The van der Waals surface area contributed by atoms with E-state index in [0.717, 1.165) is 0 Å². The molecule has 1 aromatic rings. The average molecular weight is 303 g/mol. The van der Waals surface area contributed by atoms with E-state index in [0.29, 0.717) is 15.8 Å². The molecule has 92 valence electrons. The van der Waals surface area contributed by atoms with Gasteiger partial charge in [-0.2, -0.15) is 0 Å². The maximum atomic E-state index is 12.8. The normalized spacial score (nSPS) is 11.2. The molecule has 0 saturated heterocycles. The Labute approximate surface area is 107 Å². The van der Waals surface area contributed by atoms with Crippen molar-refractivity contribution >= 4 is 21.9 Å². The number of hydrogen-bond acceptors (Lipinski definition) is 3. The van der Waals surface area contributed by atoms with Crippen molar-refractivity contribution in [1.29, 1.82) is 0 Å². The van der Waals surface area contributed by atoms with Gasteiger partial charge < -0.3 is 9.47 Å². The Bertz CT molecular complexity index is 443. The quantitative estimate of drug-likeness (QED) is 0.633. The molecule has 0 saturated carbocycles. The summed E-state index contributed by atoms with van der Waals surface area (Å²) in [5, 5.41) is 0. The van der Waals surface area contributed by atoms with Gasteiger partial charge in [0.2, 0.25) is 0 Å². The maximum absolute atomic E-state index is 12.8. The summed E-state index contributed by atoms with van der Waals surface area (Å²) in [7, 11) is 1.32. The molecule has 17 heavy (non-hydrogen) atoms. The maximum Gasteiger partial charge on any atom is 0.333 e. The van der Waals surface area contributed by atoms with Crippen molar-refractivity contribution < 1.29 is 18.7 Å². The van der Waals surface area contributed by atoms with Crippen molar-refractivity contribution in [3.05, 3.63) is 40.1 Å². The Balaban J connectivity index is 2.59. The molecule has 0 fully saturated rings. The number of benzene rings is 1. The Morgan fingerprint density at radius 1 is 1.53 bits per heavy atom. The van der Waals surface area contributed by atoms with Crippen LogP contribution in [0, 0.1) is 5.82 Å². The van der Waals surface area contributed by atoms with Crippen LogP contribution >= 0.6 is 15.9 Å². The minimum absolute atomic E-state index is 0.213. The van der Waals surface area contributed by atoms with E-state index in [4.69, 9.17) is 4.74 Å². The van der Waals surface area contributed by atoms with E-state index >= 15 is 0 Å². The largest absolute Gasteiger partial charge is 0.488 e. The SMILES string of the molecule is COC(=O)C(C)=CCOc1ccc(F)cc1Br. The molecule has 0 aliphatic carbocycles. The lowest BCUT2D eigenvalue weighted by atomic mass is 10.3. The molecule has 1 rings (SSSR count). The number of halogens is 2. The van der Waals surface area contributed by atoms with Gasteiger partial charge in [0.05, 0.1) is 11.6 Å². The van der Waals surface area contributed by atoms with Crippen molar-refractivity contribution in [3.8, 4) is 5.75 Å². The van der Waals surface area contributed by atoms with Gasteiger partial charge in [-0.3, -0.25) is 0 Å². The summed E-state index contributed by atoms with van der Waals surface area (Å²) >= 11 is 3.18. The molecule has 0 aliphatic heterocycles. The first-order chi connectivity index (χ1) is 8.04. The van der Waals surface area contributed by atoms with Crippen LogP contribution in [0.1, 0.15) is 6.92 Å². The molecule has 0 aromatic heterocycles. The summed E-state index contributed by atoms with van der Waals surface area (Å²) in [6, 6.07) is 4.13. The highest BCUT2D eigenvalue weighted by Gasteiger charge is 2.04. The Kier molecular flexibility index (Phi) is 5.15. The Morgan fingerprint density at radius 2 is 2.24 bits per heavy atom. The minimum atomic E-state index is -0.397. The highest BCUT2D eigenvalue weighted by atomic mass is 79.9. The summed E-state index contributed by atoms with van der Waals surface area (Å²) in [5.41, 5.74) is 0.464. The smallest absolute Gasteiger partial charge is 0.333 e. The lowest BCUT2D eigenvalue weighted by Gasteiger charge is -2.06. The van der Waals surface area contributed by atoms with Gasteiger partial charge in [0.1, 0.15) is 18.2 Å². The molecule has 0 bridgehead atoms. The molecule has 0 amide bonds. The molecule has 0 N–H and O–H groups in total. The van der Waals surface area contributed by atoms with Crippen LogP contribution in [0.4, 0.5) is 4.39 Å². The number of ether oxygens (including phenoxy) is 2. The van der Waals surface area contributed by atoms with Crippen molar-refractivity contribution in [3.63, 3.8) is 0 Å². The van der Waals surface area contributed by atoms with Crippen molar-refractivity contribution in [2.24, 2.45) is 0 Å².